The average molecular weight is 280 g/mol. The lowest BCUT2D eigenvalue weighted by Gasteiger charge is -2.25. The fourth-order valence-electron chi connectivity index (χ4n) is 3.45. The number of carboxylic acid groups (broad SMARTS) is 1. The van der Waals surface area contributed by atoms with E-state index in [-0.39, 0.29) is 0 Å². The van der Waals surface area contributed by atoms with Gasteiger partial charge in [-0.2, -0.15) is 0 Å². The third-order valence-electron chi connectivity index (χ3n) is 4.74. The molecular formula is C19H20O2. The van der Waals surface area contributed by atoms with Gasteiger partial charge in [0, 0.05) is 0 Å². The van der Waals surface area contributed by atoms with Crippen LogP contribution in [0, 0.1) is 6.92 Å². The highest BCUT2D eigenvalue weighted by Crippen LogP contribution is 2.42. The van der Waals surface area contributed by atoms with Gasteiger partial charge in [-0.25, -0.2) is 0 Å². The minimum Gasteiger partial charge on any atom is -0.481 e. The van der Waals surface area contributed by atoms with Crippen molar-refractivity contribution in [2.45, 2.75) is 38.0 Å². The second kappa shape index (κ2) is 5.36. The van der Waals surface area contributed by atoms with Gasteiger partial charge in [-0.05, 0) is 48.1 Å². The third kappa shape index (κ3) is 2.35. The van der Waals surface area contributed by atoms with Crippen molar-refractivity contribution in [3.05, 3.63) is 59.7 Å². The highest BCUT2D eigenvalue weighted by atomic mass is 16.4. The van der Waals surface area contributed by atoms with Gasteiger partial charge in [0.1, 0.15) is 0 Å². The van der Waals surface area contributed by atoms with Crippen molar-refractivity contribution in [2.75, 3.05) is 0 Å². The lowest BCUT2D eigenvalue weighted by atomic mass is 9.77. The maximum atomic E-state index is 11.9. The average Bonchev–Trinajstić information content (AvgIpc) is 2.99. The molecule has 1 N–H and O–H groups in total. The van der Waals surface area contributed by atoms with Crippen LogP contribution in [-0.2, 0) is 10.2 Å². The summed E-state index contributed by atoms with van der Waals surface area (Å²) in [7, 11) is 0. The fraction of sp³-hybridized carbons (Fsp3) is 0.316. The molecule has 3 rings (SSSR count). The molecule has 2 heteroatoms. The van der Waals surface area contributed by atoms with Crippen LogP contribution in [0.1, 0.15) is 36.8 Å². The van der Waals surface area contributed by atoms with E-state index in [1.54, 1.807) is 0 Å². The molecule has 0 unspecified atom stereocenters. The molecule has 0 heterocycles. The molecule has 2 nitrogen and oxygen atoms in total. The Morgan fingerprint density at radius 3 is 2.33 bits per heavy atom. The second-order valence-corrected chi connectivity index (χ2v) is 5.99. The van der Waals surface area contributed by atoms with Crippen LogP contribution >= 0.6 is 0 Å². The summed E-state index contributed by atoms with van der Waals surface area (Å²) >= 11 is 0. The Morgan fingerprint density at radius 1 is 1.05 bits per heavy atom. The zero-order valence-electron chi connectivity index (χ0n) is 12.3. The van der Waals surface area contributed by atoms with E-state index in [1.165, 1.54) is 5.56 Å². The van der Waals surface area contributed by atoms with Crippen LogP contribution in [0.3, 0.4) is 0 Å². The van der Waals surface area contributed by atoms with E-state index >= 15 is 0 Å². The van der Waals surface area contributed by atoms with E-state index in [1.807, 2.05) is 24.3 Å². The molecule has 2 aromatic rings. The van der Waals surface area contributed by atoms with Gasteiger partial charge in [0.25, 0.3) is 0 Å². The van der Waals surface area contributed by atoms with Gasteiger partial charge in [0.15, 0.2) is 0 Å². The van der Waals surface area contributed by atoms with E-state index in [4.69, 9.17) is 0 Å². The van der Waals surface area contributed by atoms with Gasteiger partial charge >= 0.3 is 5.97 Å². The van der Waals surface area contributed by atoms with Crippen LogP contribution in [0.25, 0.3) is 11.1 Å². The molecule has 0 aliphatic heterocycles. The summed E-state index contributed by atoms with van der Waals surface area (Å²) in [4.78, 5) is 11.9. The first kappa shape index (κ1) is 13.9. The Labute approximate surface area is 125 Å². The number of carboxylic acids is 1. The van der Waals surface area contributed by atoms with Crippen LogP contribution in [0.2, 0.25) is 0 Å². The van der Waals surface area contributed by atoms with Crippen LogP contribution < -0.4 is 0 Å². The van der Waals surface area contributed by atoms with Crippen molar-refractivity contribution in [3.8, 4) is 11.1 Å². The van der Waals surface area contributed by atoms with Crippen molar-refractivity contribution >= 4 is 5.97 Å². The molecule has 0 amide bonds. The summed E-state index contributed by atoms with van der Waals surface area (Å²) in [5.74, 6) is -0.678. The summed E-state index contributed by atoms with van der Waals surface area (Å²) in [6, 6.07) is 16.3. The summed E-state index contributed by atoms with van der Waals surface area (Å²) in [6.45, 7) is 2.08. The predicted molar refractivity (Wildman–Crippen MR) is 84.4 cm³/mol. The summed E-state index contributed by atoms with van der Waals surface area (Å²) in [5, 5.41) is 9.75. The number of rotatable bonds is 3. The van der Waals surface area contributed by atoms with Gasteiger partial charge in [-0.3, -0.25) is 4.79 Å². The Balaban J connectivity index is 2.11. The Morgan fingerprint density at radius 2 is 1.71 bits per heavy atom. The molecule has 1 aliphatic carbocycles. The smallest absolute Gasteiger partial charge is 0.314 e. The number of aliphatic carboxylic acids is 1. The van der Waals surface area contributed by atoms with Gasteiger partial charge in [-0.15, -0.1) is 0 Å². The SMILES string of the molecule is Cc1ccc(C2(C(=O)O)CCCC2)cc1-c1ccccc1. The molecule has 1 saturated carbocycles. The lowest BCUT2D eigenvalue weighted by Crippen LogP contribution is -2.32. The Kier molecular flexibility index (Phi) is 3.54. The van der Waals surface area contributed by atoms with E-state index in [0.717, 1.165) is 42.4 Å². The first-order valence-corrected chi connectivity index (χ1v) is 7.53. The van der Waals surface area contributed by atoms with Gasteiger partial charge in [0.05, 0.1) is 5.41 Å². The molecular weight excluding hydrogens is 260 g/mol. The van der Waals surface area contributed by atoms with E-state index in [2.05, 4.69) is 31.2 Å². The number of hydrogen-bond acceptors (Lipinski definition) is 1. The maximum Gasteiger partial charge on any atom is 0.314 e. The predicted octanol–water partition coefficient (Wildman–Crippen LogP) is 4.56. The molecule has 0 aromatic heterocycles. The van der Waals surface area contributed by atoms with Gasteiger partial charge in [0.2, 0.25) is 0 Å². The summed E-state index contributed by atoms with van der Waals surface area (Å²) < 4.78 is 0. The van der Waals surface area contributed by atoms with Crippen LogP contribution in [0.4, 0.5) is 0 Å². The summed E-state index contributed by atoms with van der Waals surface area (Å²) in [5.41, 5.74) is 3.74. The molecule has 0 spiro atoms. The van der Waals surface area contributed by atoms with Gasteiger partial charge < -0.3 is 5.11 Å². The van der Waals surface area contributed by atoms with Crippen molar-refractivity contribution in [1.82, 2.24) is 0 Å². The van der Waals surface area contributed by atoms with Gasteiger partial charge in [-0.1, -0.05) is 55.3 Å². The molecule has 1 aliphatic rings. The van der Waals surface area contributed by atoms with E-state index < -0.39 is 11.4 Å². The normalized spacial score (nSPS) is 16.8. The number of carbonyl (C=O) groups is 1. The standard InChI is InChI=1S/C19H20O2/c1-14-9-10-16(19(18(20)21)11-5-6-12-19)13-17(14)15-7-3-2-4-8-15/h2-4,7-10,13H,5-6,11-12H2,1H3,(H,20,21). The first-order valence-electron chi connectivity index (χ1n) is 7.53. The molecule has 21 heavy (non-hydrogen) atoms. The molecule has 0 saturated heterocycles. The fourth-order valence-corrected chi connectivity index (χ4v) is 3.45. The molecule has 2 aromatic carbocycles. The summed E-state index contributed by atoms with van der Waals surface area (Å²) in [6.07, 6.45) is 3.50. The van der Waals surface area contributed by atoms with Crippen molar-refractivity contribution in [3.63, 3.8) is 0 Å². The Bertz CT molecular complexity index is 653. The lowest BCUT2D eigenvalue weighted by molar-refractivity contribution is -0.143. The Hall–Kier alpha value is -2.09. The molecule has 0 bridgehead atoms. The highest BCUT2D eigenvalue weighted by molar-refractivity contribution is 5.83. The largest absolute Gasteiger partial charge is 0.481 e. The molecule has 0 radical (unpaired) electrons. The van der Waals surface area contributed by atoms with Crippen molar-refractivity contribution < 1.29 is 9.90 Å². The van der Waals surface area contributed by atoms with Crippen molar-refractivity contribution in [2.24, 2.45) is 0 Å². The van der Waals surface area contributed by atoms with E-state index in [9.17, 15) is 9.90 Å². The maximum absolute atomic E-state index is 11.9. The second-order valence-electron chi connectivity index (χ2n) is 5.99. The minimum atomic E-state index is -0.683. The minimum absolute atomic E-state index is 0.678. The number of hydrogen-bond donors (Lipinski definition) is 1. The van der Waals surface area contributed by atoms with Crippen LogP contribution in [0.15, 0.2) is 48.5 Å². The zero-order valence-corrected chi connectivity index (χ0v) is 12.3. The quantitative estimate of drug-likeness (QED) is 0.895. The third-order valence-corrected chi connectivity index (χ3v) is 4.74. The topological polar surface area (TPSA) is 37.3 Å². The van der Waals surface area contributed by atoms with Crippen molar-refractivity contribution in [1.29, 1.82) is 0 Å². The molecule has 0 atom stereocenters. The van der Waals surface area contributed by atoms with Crippen LogP contribution in [-0.4, -0.2) is 11.1 Å². The number of benzene rings is 2. The monoisotopic (exact) mass is 280 g/mol. The molecule has 1 fully saturated rings. The molecule has 108 valence electrons. The zero-order chi connectivity index (χ0) is 14.9. The first-order chi connectivity index (χ1) is 10.1. The van der Waals surface area contributed by atoms with E-state index in [0.29, 0.717) is 0 Å². The number of aryl methyl sites for hydroxylation is 1. The van der Waals surface area contributed by atoms with Crippen LogP contribution in [0.5, 0.6) is 0 Å². The highest BCUT2D eigenvalue weighted by Gasteiger charge is 2.43.